The summed E-state index contributed by atoms with van der Waals surface area (Å²) in [6, 6.07) is 0. The van der Waals surface area contributed by atoms with E-state index in [2.05, 4.69) is 26.8 Å². The fourth-order valence-electron chi connectivity index (χ4n) is 8.15. The molecule has 4 heteroatoms. The number of fused-ring (bicyclic) bond motifs is 5. The summed E-state index contributed by atoms with van der Waals surface area (Å²) >= 11 is 0. The van der Waals surface area contributed by atoms with Gasteiger partial charge in [0.05, 0.1) is 0 Å². The normalized spacial score (nSPS) is 46.0. The largest absolute Gasteiger partial charge is 0.462 e. The summed E-state index contributed by atoms with van der Waals surface area (Å²) in [5, 5.41) is 0. The molecule has 0 aromatic carbocycles. The van der Waals surface area contributed by atoms with Crippen molar-refractivity contribution in [2.45, 2.75) is 104 Å². The molecule has 7 atom stereocenters. The number of carbonyl (C=O) groups excluding carboxylic acids is 2. The van der Waals surface area contributed by atoms with Crippen molar-refractivity contribution in [3.05, 3.63) is 11.6 Å². The lowest BCUT2D eigenvalue weighted by atomic mass is 9.47. The molecule has 29 heavy (non-hydrogen) atoms. The van der Waals surface area contributed by atoms with E-state index in [1.54, 1.807) is 6.92 Å². The molecule has 0 saturated heterocycles. The quantitative estimate of drug-likeness (QED) is 0.456. The number of hydrogen-bond acceptors (Lipinski definition) is 4. The predicted octanol–water partition coefficient (Wildman–Crippen LogP) is 5.59. The van der Waals surface area contributed by atoms with Crippen LogP contribution in [0.15, 0.2) is 11.6 Å². The second kappa shape index (κ2) is 7.13. The van der Waals surface area contributed by atoms with Crippen molar-refractivity contribution < 1.29 is 19.1 Å². The van der Waals surface area contributed by atoms with Gasteiger partial charge >= 0.3 is 11.9 Å². The number of allylic oxidation sites excluding steroid dienone is 1. The van der Waals surface area contributed by atoms with Gasteiger partial charge in [0.25, 0.3) is 0 Å². The molecule has 3 saturated carbocycles. The molecule has 0 heterocycles. The van der Waals surface area contributed by atoms with Crippen LogP contribution < -0.4 is 0 Å². The van der Waals surface area contributed by atoms with Gasteiger partial charge in [-0.15, -0.1) is 0 Å². The smallest absolute Gasteiger partial charge is 0.303 e. The van der Waals surface area contributed by atoms with Crippen LogP contribution in [0.4, 0.5) is 0 Å². The molecule has 0 radical (unpaired) electrons. The number of hydrogen-bond donors (Lipinski definition) is 0. The first-order chi connectivity index (χ1) is 13.6. The summed E-state index contributed by atoms with van der Waals surface area (Å²) in [5.41, 5.74) is 1.57. The third-order valence-corrected chi connectivity index (χ3v) is 9.59. The van der Waals surface area contributed by atoms with Gasteiger partial charge in [0.2, 0.25) is 0 Å². The molecule has 162 valence electrons. The Morgan fingerprint density at radius 1 is 1.03 bits per heavy atom. The van der Waals surface area contributed by atoms with Crippen LogP contribution in [0.2, 0.25) is 0 Å². The maximum Gasteiger partial charge on any atom is 0.303 e. The third kappa shape index (κ3) is 3.08. The molecule has 0 aromatic heterocycles. The van der Waals surface area contributed by atoms with E-state index in [9.17, 15) is 9.59 Å². The first kappa shape index (κ1) is 20.9. The van der Waals surface area contributed by atoms with Crippen molar-refractivity contribution in [2.24, 2.45) is 28.6 Å². The van der Waals surface area contributed by atoms with E-state index in [1.165, 1.54) is 25.3 Å². The van der Waals surface area contributed by atoms with Crippen molar-refractivity contribution in [3.8, 4) is 0 Å². The molecule has 4 nitrogen and oxygen atoms in total. The van der Waals surface area contributed by atoms with Crippen LogP contribution in [0.5, 0.6) is 0 Å². The molecule has 0 N–H and O–H groups in total. The average molecular weight is 403 g/mol. The predicted molar refractivity (Wildman–Crippen MR) is 112 cm³/mol. The monoisotopic (exact) mass is 402 g/mol. The zero-order valence-electron chi connectivity index (χ0n) is 18.9. The number of esters is 2. The molecule has 0 aromatic rings. The second-order valence-corrected chi connectivity index (χ2v) is 10.7. The van der Waals surface area contributed by atoms with Crippen LogP contribution in [0.1, 0.15) is 92.4 Å². The highest BCUT2D eigenvalue weighted by Crippen LogP contribution is 2.68. The van der Waals surface area contributed by atoms with Crippen LogP contribution in [0.3, 0.4) is 0 Å². The molecule has 3 fully saturated rings. The summed E-state index contributed by atoms with van der Waals surface area (Å²) in [4.78, 5) is 23.4. The average Bonchev–Trinajstić information content (AvgIpc) is 2.94. The zero-order chi connectivity index (χ0) is 21.0. The summed E-state index contributed by atoms with van der Waals surface area (Å²) in [6.45, 7) is 10.2. The molecular weight excluding hydrogens is 364 g/mol. The summed E-state index contributed by atoms with van der Waals surface area (Å²) in [5.74, 6) is 1.72. The van der Waals surface area contributed by atoms with E-state index >= 15 is 0 Å². The Morgan fingerprint density at radius 2 is 1.76 bits per heavy atom. The maximum atomic E-state index is 11.9. The minimum atomic E-state index is -0.285. The zero-order valence-corrected chi connectivity index (χ0v) is 18.9. The Balaban J connectivity index is 1.60. The summed E-state index contributed by atoms with van der Waals surface area (Å²) < 4.78 is 11.6. The Hall–Kier alpha value is -1.32. The van der Waals surface area contributed by atoms with Crippen LogP contribution in [0, 0.1) is 28.6 Å². The van der Waals surface area contributed by atoms with Crippen LogP contribution in [-0.2, 0) is 19.1 Å². The van der Waals surface area contributed by atoms with Gasteiger partial charge in [0.15, 0.2) is 0 Å². The van der Waals surface area contributed by atoms with Gasteiger partial charge in [0, 0.05) is 25.7 Å². The highest BCUT2D eigenvalue weighted by Gasteiger charge is 2.65. The van der Waals surface area contributed by atoms with Crippen molar-refractivity contribution in [1.29, 1.82) is 0 Å². The Kier molecular flexibility index (Phi) is 5.15. The summed E-state index contributed by atoms with van der Waals surface area (Å²) in [6.07, 6.45) is 12.1. The lowest BCUT2D eigenvalue weighted by Crippen LogP contribution is -2.55. The van der Waals surface area contributed by atoms with Crippen LogP contribution in [-0.4, -0.2) is 23.6 Å². The van der Waals surface area contributed by atoms with Gasteiger partial charge in [-0.1, -0.05) is 32.4 Å². The molecule has 4 aliphatic carbocycles. The van der Waals surface area contributed by atoms with Crippen molar-refractivity contribution in [2.75, 3.05) is 0 Å². The van der Waals surface area contributed by atoms with Crippen molar-refractivity contribution in [3.63, 3.8) is 0 Å². The number of ether oxygens (including phenoxy) is 2. The van der Waals surface area contributed by atoms with Crippen molar-refractivity contribution >= 4 is 11.9 Å². The maximum absolute atomic E-state index is 11.9. The topological polar surface area (TPSA) is 52.6 Å². The van der Waals surface area contributed by atoms with E-state index in [1.807, 2.05) is 0 Å². The fourth-order valence-corrected chi connectivity index (χ4v) is 8.15. The Labute approximate surface area is 175 Å². The lowest BCUT2D eigenvalue weighted by Gasteiger charge is -2.59. The fraction of sp³-hybridized carbons (Fsp3) is 0.840. The molecule has 4 aliphatic rings. The molecule has 4 rings (SSSR count). The first-order valence-electron chi connectivity index (χ1n) is 11.7. The summed E-state index contributed by atoms with van der Waals surface area (Å²) in [7, 11) is 0. The van der Waals surface area contributed by atoms with Gasteiger partial charge in [-0.3, -0.25) is 9.59 Å². The molecule has 0 aliphatic heterocycles. The second-order valence-electron chi connectivity index (χ2n) is 10.7. The molecule has 0 bridgehead atoms. The Bertz CT molecular complexity index is 726. The highest BCUT2D eigenvalue weighted by molar-refractivity contribution is 5.67. The molecule has 1 unspecified atom stereocenters. The Morgan fingerprint density at radius 3 is 2.41 bits per heavy atom. The van der Waals surface area contributed by atoms with Gasteiger partial charge < -0.3 is 9.47 Å². The van der Waals surface area contributed by atoms with Gasteiger partial charge in [-0.2, -0.15) is 0 Å². The van der Waals surface area contributed by atoms with Crippen LogP contribution in [0.25, 0.3) is 0 Å². The van der Waals surface area contributed by atoms with E-state index in [-0.39, 0.29) is 34.5 Å². The SMILES string of the molecule is CC[C@@]1(OC(C)=O)CC[C@H]2[C@@H]3CC=C4CC(OC(C)=O)CC[C@]4(C)[C@H]3CC[C@@]21C. The molecule has 0 spiro atoms. The molecular formula is C25H38O4. The van der Waals surface area contributed by atoms with E-state index < -0.39 is 0 Å². The van der Waals surface area contributed by atoms with Gasteiger partial charge in [0.1, 0.15) is 11.7 Å². The first-order valence-corrected chi connectivity index (χ1v) is 11.7. The van der Waals surface area contributed by atoms with E-state index in [0.717, 1.165) is 44.9 Å². The minimum Gasteiger partial charge on any atom is -0.462 e. The third-order valence-electron chi connectivity index (χ3n) is 9.59. The van der Waals surface area contributed by atoms with Gasteiger partial charge in [-0.25, -0.2) is 0 Å². The molecule has 0 amide bonds. The minimum absolute atomic E-state index is 0.0559. The lowest BCUT2D eigenvalue weighted by molar-refractivity contribution is -0.182. The standard InChI is InChI=1S/C25H38O4/c1-6-25(29-17(3)27)14-11-22-20-8-7-18-15-19(28-16(2)26)9-12-23(18,4)21(20)10-13-24(22,25)5/h7,19-22H,6,8-15H2,1-5H3/t19?,20-,21+,22+,23+,24+,25-/m1/s1. The van der Waals surface area contributed by atoms with Gasteiger partial charge in [-0.05, 0) is 74.5 Å². The van der Waals surface area contributed by atoms with E-state index in [4.69, 9.17) is 9.47 Å². The highest BCUT2D eigenvalue weighted by atomic mass is 16.6. The number of rotatable bonds is 3. The van der Waals surface area contributed by atoms with Crippen LogP contribution >= 0.6 is 0 Å². The number of carbonyl (C=O) groups is 2. The van der Waals surface area contributed by atoms with Crippen molar-refractivity contribution in [1.82, 2.24) is 0 Å². The van der Waals surface area contributed by atoms with E-state index in [0.29, 0.717) is 17.8 Å².